The predicted molar refractivity (Wildman–Crippen MR) is 73.4 cm³/mol. The first kappa shape index (κ1) is 15.1. The maximum Gasteiger partial charge on any atom is 0.157 e. The van der Waals surface area contributed by atoms with Crippen molar-refractivity contribution in [3.05, 3.63) is 23.3 Å². The average Bonchev–Trinajstić information content (AvgIpc) is 2.35. The SMILES string of the molecule is CCOC(CC)c1ncc(C)c(CNC(C)C)n1. The second-order valence-corrected chi connectivity index (χ2v) is 4.75. The van der Waals surface area contributed by atoms with E-state index in [1.54, 1.807) is 0 Å². The van der Waals surface area contributed by atoms with E-state index in [0.717, 1.165) is 30.0 Å². The van der Waals surface area contributed by atoms with Crippen molar-refractivity contribution in [1.29, 1.82) is 0 Å². The molecule has 0 aliphatic heterocycles. The summed E-state index contributed by atoms with van der Waals surface area (Å²) in [6.07, 6.45) is 2.79. The van der Waals surface area contributed by atoms with Crippen LogP contribution in [0, 0.1) is 6.92 Å². The Bertz CT molecular complexity index is 366. The largest absolute Gasteiger partial charge is 0.371 e. The topological polar surface area (TPSA) is 47.0 Å². The van der Waals surface area contributed by atoms with Gasteiger partial charge in [0, 0.05) is 25.4 Å². The minimum absolute atomic E-state index is 0.00778. The quantitative estimate of drug-likeness (QED) is 0.809. The summed E-state index contributed by atoms with van der Waals surface area (Å²) in [5, 5.41) is 3.39. The van der Waals surface area contributed by atoms with Crippen LogP contribution in [0.4, 0.5) is 0 Å². The summed E-state index contributed by atoms with van der Waals surface area (Å²) in [5.41, 5.74) is 2.19. The second-order valence-electron chi connectivity index (χ2n) is 4.75. The van der Waals surface area contributed by atoms with E-state index in [2.05, 4.69) is 36.1 Å². The van der Waals surface area contributed by atoms with Crippen molar-refractivity contribution in [2.75, 3.05) is 6.61 Å². The molecule has 1 unspecified atom stereocenters. The van der Waals surface area contributed by atoms with Crippen molar-refractivity contribution in [2.24, 2.45) is 0 Å². The molecular formula is C14H25N3O. The van der Waals surface area contributed by atoms with Gasteiger partial charge in [0.25, 0.3) is 0 Å². The monoisotopic (exact) mass is 251 g/mol. The van der Waals surface area contributed by atoms with Gasteiger partial charge in [-0.3, -0.25) is 0 Å². The third-order valence-corrected chi connectivity index (χ3v) is 2.80. The zero-order chi connectivity index (χ0) is 13.5. The molecule has 0 aliphatic rings. The number of nitrogens with one attached hydrogen (secondary N) is 1. The normalized spacial score (nSPS) is 13.0. The Morgan fingerprint density at radius 1 is 1.33 bits per heavy atom. The van der Waals surface area contributed by atoms with Gasteiger partial charge in [-0.15, -0.1) is 0 Å². The highest BCUT2D eigenvalue weighted by Gasteiger charge is 2.14. The van der Waals surface area contributed by atoms with Gasteiger partial charge in [-0.1, -0.05) is 20.8 Å². The highest BCUT2D eigenvalue weighted by atomic mass is 16.5. The molecule has 0 aliphatic carbocycles. The minimum Gasteiger partial charge on any atom is -0.371 e. The molecule has 1 rings (SSSR count). The molecule has 4 nitrogen and oxygen atoms in total. The van der Waals surface area contributed by atoms with Crippen molar-refractivity contribution >= 4 is 0 Å². The summed E-state index contributed by atoms with van der Waals surface area (Å²) in [4.78, 5) is 9.03. The van der Waals surface area contributed by atoms with Crippen LogP contribution in [0.25, 0.3) is 0 Å². The summed E-state index contributed by atoms with van der Waals surface area (Å²) in [6, 6.07) is 0.455. The third-order valence-electron chi connectivity index (χ3n) is 2.80. The summed E-state index contributed by atoms with van der Waals surface area (Å²) in [6.45, 7) is 11.9. The van der Waals surface area contributed by atoms with Crippen LogP contribution in [0.2, 0.25) is 0 Å². The molecular weight excluding hydrogens is 226 g/mol. The van der Waals surface area contributed by atoms with Crippen molar-refractivity contribution in [2.45, 2.75) is 59.7 Å². The minimum atomic E-state index is 0.00778. The first-order valence-corrected chi connectivity index (χ1v) is 6.75. The Labute approximate surface area is 110 Å². The van der Waals surface area contributed by atoms with Crippen molar-refractivity contribution in [3.63, 3.8) is 0 Å². The van der Waals surface area contributed by atoms with Gasteiger partial charge >= 0.3 is 0 Å². The maximum absolute atomic E-state index is 5.65. The van der Waals surface area contributed by atoms with Crippen LogP contribution in [-0.2, 0) is 11.3 Å². The van der Waals surface area contributed by atoms with E-state index >= 15 is 0 Å². The second kappa shape index (κ2) is 7.44. The summed E-state index contributed by atoms with van der Waals surface area (Å²) >= 11 is 0. The lowest BCUT2D eigenvalue weighted by atomic mass is 10.2. The van der Waals surface area contributed by atoms with E-state index in [0.29, 0.717) is 12.6 Å². The number of rotatable bonds is 7. The van der Waals surface area contributed by atoms with Gasteiger partial charge < -0.3 is 10.1 Å². The Morgan fingerprint density at radius 2 is 2.06 bits per heavy atom. The lowest BCUT2D eigenvalue weighted by Crippen LogP contribution is -2.23. The maximum atomic E-state index is 5.65. The fraction of sp³-hybridized carbons (Fsp3) is 0.714. The molecule has 102 valence electrons. The molecule has 0 spiro atoms. The molecule has 0 fully saturated rings. The number of nitrogens with zero attached hydrogens (tertiary/aromatic N) is 2. The standard InChI is InChI=1S/C14H25N3O/c1-6-13(18-7-2)14-16-8-11(5)12(17-14)9-15-10(3)4/h8,10,13,15H,6-7,9H2,1-5H3. The smallest absolute Gasteiger partial charge is 0.157 e. The zero-order valence-electron chi connectivity index (χ0n) is 12.2. The molecule has 1 N–H and O–H groups in total. The zero-order valence-corrected chi connectivity index (χ0v) is 12.2. The molecule has 1 aromatic heterocycles. The Kier molecular flexibility index (Phi) is 6.22. The summed E-state index contributed by atoms with van der Waals surface area (Å²) in [7, 11) is 0. The Hall–Kier alpha value is -1.00. The lowest BCUT2D eigenvalue weighted by molar-refractivity contribution is 0.0532. The van der Waals surface area contributed by atoms with E-state index in [-0.39, 0.29) is 6.10 Å². The van der Waals surface area contributed by atoms with Crippen LogP contribution in [0.5, 0.6) is 0 Å². The van der Waals surface area contributed by atoms with Crippen LogP contribution in [0.1, 0.15) is 57.3 Å². The average molecular weight is 251 g/mol. The molecule has 0 saturated carbocycles. The van der Waals surface area contributed by atoms with E-state index in [1.807, 2.05) is 20.0 Å². The van der Waals surface area contributed by atoms with Gasteiger partial charge in [-0.2, -0.15) is 0 Å². The molecule has 1 atom stereocenters. The summed E-state index contributed by atoms with van der Waals surface area (Å²) in [5.74, 6) is 0.797. The molecule has 0 aromatic carbocycles. The van der Waals surface area contributed by atoms with E-state index in [9.17, 15) is 0 Å². The van der Waals surface area contributed by atoms with Crippen LogP contribution < -0.4 is 5.32 Å². The van der Waals surface area contributed by atoms with E-state index in [4.69, 9.17) is 4.74 Å². The molecule has 0 bridgehead atoms. The number of ether oxygens (including phenoxy) is 1. The Morgan fingerprint density at radius 3 is 2.61 bits per heavy atom. The van der Waals surface area contributed by atoms with Crippen molar-refractivity contribution in [1.82, 2.24) is 15.3 Å². The van der Waals surface area contributed by atoms with Crippen LogP contribution in [-0.4, -0.2) is 22.6 Å². The van der Waals surface area contributed by atoms with Gasteiger partial charge in [0.05, 0.1) is 5.69 Å². The van der Waals surface area contributed by atoms with Gasteiger partial charge in [0.2, 0.25) is 0 Å². The number of hydrogen-bond donors (Lipinski definition) is 1. The number of aryl methyl sites for hydroxylation is 1. The van der Waals surface area contributed by atoms with E-state index in [1.165, 1.54) is 0 Å². The molecule has 1 aromatic rings. The number of aromatic nitrogens is 2. The first-order valence-electron chi connectivity index (χ1n) is 6.75. The Balaban J connectivity index is 2.84. The molecule has 18 heavy (non-hydrogen) atoms. The van der Waals surface area contributed by atoms with Gasteiger partial charge in [-0.25, -0.2) is 9.97 Å². The molecule has 0 amide bonds. The first-order chi connectivity index (χ1) is 8.58. The molecule has 0 saturated heterocycles. The summed E-state index contributed by atoms with van der Waals surface area (Å²) < 4.78 is 5.65. The molecule has 0 radical (unpaired) electrons. The van der Waals surface area contributed by atoms with Crippen LogP contribution in [0.3, 0.4) is 0 Å². The van der Waals surface area contributed by atoms with Gasteiger partial charge in [-0.05, 0) is 25.8 Å². The van der Waals surface area contributed by atoms with Gasteiger partial charge in [0.15, 0.2) is 5.82 Å². The predicted octanol–water partition coefficient (Wildman–Crippen LogP) is 2.77. The fourth-order valence-corrected chi connectivity index (χ4v) is 1.70. The third kappa shape index (κ3) is 4.35. The van der Waals surface area contributed by atoms with E-state index < -0.39 is 0 Å². The van der Waals surface area contributed by atoms with Gasteiger partial charge in [0.1, 0.15) is 6.10 Å². The van der Waals surface area contributed by atoms with Crippen molar-refractivity contribution in [3.8, 4) is 0 Å². The molecule has 1 heterocycles. The van der Waals surface area contributed by atoms with Crippen molar-refractivity contribution < 1.29 is 4.74 Å². The lowest BCUT2D eigenvalue weighted by Gasteiger charge is -2.16. The number of hydrogen-bond acceptors (Lipinski definition) is 4. The van der Waals surface area contributed by atoms with Crippen LogP contribution >= 0.6 is 0 Å². The highest BCUT2D eigenvalue weighted by molar-refractivity contribution is 5.16. The highest BCUT2D eigenvalue weighted by Crippen LogP contribution is 2.18. The molecule has 4 heteroatoms. The fourth-order valence-electron chi connectivity index (χ4n) is 1.70. The van der Waals surface area contributed by atoms with Crippen LogP contribution in [0.15, 0.2) is 6.20 Å².